The molecule has 0 aromatic heterocycles. The zero-order chi connectivity index (χ0) is 17.3. The minimum atomic E-state index is -1.65. The number of carboxylic acids is 4. The largest absolute Gasteiger partial charge is 0.550 e. The van der Waals surface area contributed by atoms with E-state index in [0.29, 0.717) is 0 Å². The number of hydrogen-bond donors (Lipinski definition) is 3. The molecule has 126 valence electrons. The lowest BCUT2D eigenvalue weighted by Gasteiger charge is -2.25. The smallest absolute Gasteiger partial charge is 0.0588 e. The van der Waals surface area contributed by atoms with Gasteiger partial charge >= 0.3 is 0 Å². The van der Waals surface area contributed by atoms with Gasteiger partial charge in [-0.1, -0.05) is 0 Å². The maximum Gasteiger partial charge on any atom is 0.0588 e. The van der Waals surface area contributed by atoms with Crippen LogP contribution in [0.5, 0.6) is 0 Å². The Morgan fingerprint density at radius 2 is 1.27 bits per heavy atom. The third-order valence-electron chi connectivity index (χ3n) is 2.64. The molecule has 0 saturated carbocycles. The van der Waals surface area contributed by atoms with Gasteiger partial charge in [-0.15, -0.1) is 0 Å². The van der Waals surface area contributed by atoms with Crippen LogP contribution in [-0.2, 0) is 19.2 Å². The molecular formula is C11H15N3O8-4. The first-order chi connectivity index (χ1) is 10.1. The predicted octanol–water partition coefficient (Wildman–Crippen LogP) is -7.99. The molecule has 22 heavy (non-hydrogen) atoms. The van der Waals surface area contributed by atoms with Crippen LogP contribution in [0, 0.1) is 0 Å². The summed E-state index contributed by atoms with van der Waals surface area (Å²) in [6.07, 6.45) is -1.31. The van der Waals surface area contributed by atoms with Crippen molar-refractivity contribution in [2.45, 2.75) is 31.0 Å². The Kier molecular flexibility index (Phi) is 8.67. The molecule has 0 rings (SSSR count). The Hall–Kier alpha value is -2.24. The van der Waals surface area contributed by atoms with Crippen LogP contribution >= 0.6 is 0 Å². The Bertz CT molecular complexity index is 428. The number of hydrogen-bond acceptors (Lipinski definition) is 11. The second-order valence-corrected chi connectivity index (χ2v) is 4.39. The van der Waals surface area contributed by atoms with Gasteiger partial charge in [-0.05, 0) is 6.42 Å². The predicted molar refractivity (Wildman–Crippen MR) is 60.8 cm³/mol. The molecule has 3 unspecified atom stereocenters. The SMILES string of the molecule is NC(CC(NCCNC(CC(=O)[O-])C(=O)[O-])C(=O)[O-])C(=O)[O-]. The van der Waals surface area contributed by atoms with Gasteiger partial charge < -0.3 is 56.0 Å². The van der Waals surface area contributed by atoms with E-state index < -0.39 is 54.8 Å². The summed E-state index contributed by atoms with van der Waals surface area (Å²) in [5.74, 6) is -6.47. The van der Waals surface area contributed by atoms with Crippen LogP contribution in [0.15, 0.2) is 0 Å². The molecule has 0 aliphatic carbocycles. The molecule has 4 N–H and O–H groups in total. The molecule has 0 fully saturated rings. The van der Waals surface area contributed by atoms with Gasteiger partial charge in [0.05, 0.1) is 23.9 Å². The van der Waals surface area contributed by atoms with E-state index in [1.54, 1.807) is 0 Å². The Labute approximate surface area is 125 Å². The summed E-state index contributed by atoms with van der Waals surface area (Å²) in [6, 6.07) is -4.41. The molecule has 0 saturated heterocycles. The molecule has 11 heteroatoms. The highest BCUT2D eigenvalue weighted by atomic mass is 16.4. The minimum absolute atomic E-state index is 0.116. The van der Waals surface area contributed by atoms with E-state index in [4.69, 9.17) is 5.73 Å². The fraction of sp³-hybridized carbons (Fsp3) is 0.636. The van der Waals surface area contributed by atoms with E-state index in [0.717, 1.165) is 0 Å². The summed E-state index contributed by atoms with van der Waals surface area (Å²) >= 11 is 0. The first-order valence-electron chi connectivity index (χ1n) is 6.20. The number of nitrogens with one attached hydrogen (secondary N) is 2. The molecule has 0 aromatic carbocycles. The van der Waals surface area contributed by atoms with Crippen molar-refractivity contribution in [3.8, 4) is 0 Å². The third kappa shape index (κ3) is 8.14. The van der Waals surface area contributed by atoms with Gasteiger partial charge in [0.25, 0.3) is 0 Å². The summed E-state index contributed by atoms with van der Waals surface area (Å²) in [7, 11) is 0. The van der Waals surface area contributed by atoms with Gasteiger partial charge in [0, 0.05) is 37.6 Å². The number of carbonyl (C=O) groups excluding carboxylic acids is 4. The van der Waals surface area contributed by atoms with Crippen LogP contribution < -0.4 is 36.8 Å². The van der Waals surface area contributed by atoms with Crippen molar-refractivity contribution in [3.63, 3.8) is 0 Å². The summed E-state index contributed by atoms with van der Waals surface area (Å²) in [6.45, 7) is -0.245. The molecule has 0 amide bonds. The summed E-state index contributed by atoms with van der Waals surface area (Å²) < 4.78 is 0. The summed E-state index contributed by atoms with van der Waals surface area (Å²) in [5, 5.41) is 46.8. The second kappa shape index (κ2) is 9.65. The molecule has 0 spiro atoms. The number of nitrogens with two attached hydrogens (primary N) is 1. The molecule has 0 radical (unpaired) electrons. The molecule has 0 aliphatic rings. The minimum Gasteiger partial charge on any atom is -0.550 e. The Morgan fingerprint density at radius 1 is 0.818 bits per heavy atom. The lowest BCUT2D eigenvalue weighted by atomic mass is 10.1. The van der Waals surface area contributed by atoms with E-state index in [2.05, 4.69) is 10.6 Å². The molecule has 0 aromatic rings. The molecule has 11 nitrogen and oxygen atoms in total. The van der Waals surface area contributed by atoms with E-state index >= 15 is 0 Å². The van der Waals surface area contributed by atoms with Crippen molar-refractivity contribution in [2.75, 3.05) is 13.1 Å². The van der Waals surface area contributed by atoms with Crippen molar-refractivity contribution < 1.29 is 39.6 Å². The van der Waals surface area contributed by atoms with Gasteiger partial charge in [0.2, 0.25) is 0 Å². The molecule has 0 heterocycles. The van der Waals surface area contributed by atoms with Gasteiger partial charge in [0.15, 0.2) is 0 Å². The highest BCUT2D eigenvalue weighted by Gasteiger charge is 2.15. The van der Waals surface area contributed by atoms with Gasteiger partial charge in [-0.25, -0.2) is 0 Å². The first-order valence-corrected chi connectivity index (χ1v) is 6.20. The van der Waals surface area contributed by atoms with Crippen LogP contribution in [0.25, 0.3) is 0 Å². The zero-order valence-electron chi connectivity index (χ0n) is 11.4. The van der Waals surface area contributed by atoms with Crippen LogP contribution in [0.1, 0.15) is 12.8 Å². The second-order valence-electron chi connectivity index (χ2n) is 4.39. The summed E-state index contributed by atoms with van der Waals surface area (Å²) in [5.41, 5.74) is 5.14. The topological polar surface area (TPSA) is 211 Å². The highest BCUT2D eigenvalue weighted by Crippen LogP contribution is 1.95. The van der Waals surface area contributed by atoms with Crippen LogP contribution in [-0.4, -0.2) is 55.1 Å². The van der Waals surface area contributed by atoms with Gasteiger partial charge in [0.1, 0.15) is 0 Å². The number of rotatable bonds is 12. The number of carboxylic acid groups (broad SMARTS) is 4. The Balaban J connectivity index is 4.27. The Morgan fingerprint density at radius 3 is 1.64 bits per heavy atom. The average molecular weight is 317 g/mol. The molecule has 0 aliphatic heterocycles. The quantitative estimate of drug-likeness (QED) is 0.287. The lowest BCUT2D eigenvalue weighted by molar-refractivity contribution is -0.317. The van der Waals surface area contributed by atoms with Crippen molar-refractivity contribution in [1.82, 2.24) is 10.6 Å². The lowest BCUT2D eigenvalue weighted by Crippen LogP contribution is -2.54. The monoisotopic (exact) mass is 317 g/mol. The zero-order valence-corrected chi connectivity index (χ0v) is 11.4. The van der Waals surface area contributed by atoms with E-state index in [1.165, 1.54) is 0 Å². The van der Waals surface area contributed by atoms with Crippen LogP contribution in [0.4, 0.5) is 0 Å². The molecule has 0 bridgehead atoms. The maximum atomic E-state index is 10.8. The van der Waals surface area contributed by atoms with Crippen molar-refractivity contribution in [3.05, 3.63) is 0 Å². The van der Waals surface area contributed by atoms with Gasteiger partial charge in [-0.2, -0.15) is 0 Å². The van der Waals surface area contributed by atoms with E-state index in [1.807, 2.05) is 0 Å². The average Bonchev–Trinajstić information content (AvgIpc) is 2.39. The number of carbonyl (C=O) groups is 4. The normalized spacial score (nSPS) is 14.8. The van der Waals surface area contributed by atoms with Gasteiger partial charge in [-0.3, -0.25) is 0 Å². The fourth-order valence-electron chi connectivity index (χ4n) is 1.51. The standard InChI is InChI=1S/C11H19N3O8/c12-5(9(17)18)3-6(10(19)20)13-1-2-14-7(11(21)22)4-8(15)16/h5-7,13-14H,1-4,12H2,(H,15,16)(H,17,18)(H,19,20)(H,21,22)/p-4. The highest BCUT2D eigenvalue weighted by molar-refractivity contribution is 5.78. The summed E-state index contributed by atoms with van der Waals surface area (Å²) in [4.78, 5) is 42.1. The van der Waals surface area contributed by atoms with E-state index in [-0.39, 0.29) is 13.1 Å². The van der Waals surface area contributed by atoms with Crippen molar-refractivity contribution in [1.29, 1.82) is 0 Å². The van der Waals surface area contributed by atoms with Crippen LogP contribution in [0.3, 0.4) is 0 Å². The third-order valence-corrected chi connectivity index (χ3v) is 2.64. The molecular weight excluding hydrogens is 302 g/mol. The fourth-order valence-corrected chi connectivity index (χ4v) is 1.51. The first kappa shape index (κ1) is 19.8. The van der Waals surface area contributed by atoms with E-state index in [9.17, 15) is 39.6 Å². The number of aliphatic carboxylic acids is 4. The molecule has 3 atom stereocenters. The van der Waals surface area contributed by atoms with Crippen molar-refractivity contribution >= 4 is 23.9 Å². The maximum absolute atomic E-state index is 10.8. The van der Waals surface area contributed by atoms with Crippen molar-refractivity contribution in [2.24, 2.45) is 5.73 Å². The van der Waals surface area contributed by atoms with Crippen LogP contribution in [0.2, 0.25) is 0 Å².